The standard InChI is InChI=1S/C21H15F3N2O2S/c1-12-18(11-26-10-9-15-16(20(27)28)3-2-4-17(15)26)29-19(25-12)13-5-7-14(8-6-13)21(22,23)24/h2-10H,11H2,1H3,(H,27,28). The number of carbonyl (C=O) groups is 1. The Morgan fingerprint density at radius 2 is 1.86 bits per heavy atom. The van der Waals surface area contributed by atoms with Gasteiger partial charge in [0.15, 0.2) is 0 Å². The number of alkyl halides is 3. The number of aryl methyl sites for hydroxylation is 1. The molecule has 4 rings (SSSR count). The van der Waals surface area contributed by atoms with Gasteiger partial charge in [0.05, 0.1) is 23.4 Å². The number of thiazole rings is 1. The van der Waals surface area contributed by atoms with Gasteiger partial charge in [-0.1, -0.05) is 18.2 Å². The number of halogens is 3. The Balaban J connectivity index is 1.65. The fourth-order valence-corrected chi connectivity index (χ4v) is 4.27. The second-order valence-corrected chi connectivity index (χ2v) is 7.67. The minimum absolute atomic E-state index is 0.243. The molecule has 0 saturated carbocycles. The molecule has 4 aromatic rings. The third kappa shape index (κ3) is 3.63. The van der Waals surface area contributed by atoms with Crippen LogP contribution in [0.2, 0.25) is 0 Å². The molecule has 0 fully saturated rings. The van der Waals surface area contributed by atoms with Crippen molar-refractivity contribution < 1.29 is 23.1 Å². The molecule has 2 heterocycles. The van der Waals surface area contributed by atoms with E-state index in [2.05, 4.69) is 4.98 Å². The number of aromatic nitrogens is 2. The number of hydrogen-bond donors (Lipinski definition) is 1. The van der Waals surface area contributed by atoms with Crippen LogP contribution >= 0.6 is 11.3 Å². The number of benzene rings is 2. The second-order valence-electron chi connectivity index (χ2n) is 6.59. The van der Waals surface area contributed by atoms with Gasteiger partial charge in [-0.25, -0.2) is 9.78 Å². The number of fused-ring (bicyclic) bond motifs is 1. The van der Waals surface area contributed by atoms with Gasteiger partial charge in [0.2, 0.25) is 0 Å². The van der Waals surface area contributed by atoms with Crippen LogP contribution in [0.25, 0.3) is 21.5 Å². The highest BCUT2D eigenvalue weighted by atomic mass is 32.1. The van der Waals surface area contributed by atoms with E-state index in [0.717, 1.165) is 28.2 Å². The van der Waals surface area contributed by atoms with Crippen LogP contribution in [0.1, 0.15) is 26.5 Å². The molecule has 2 aromatic heterocycles. The van der Waals surface area contributed by atoms with Gasteiger partial charge >= 0.3 is 12.1 Å². The van der Waals surface area contributed by atoms with E-state index in [-0.39, 0.29) is 5.56 Å². The first-order valence-electron chi connectivity index (χ1n) is 8.69. The summed E-state index contributed by atoms with van der Waals surface area (Å²) in [5.41, 5.74) is 1.77. The van der Waals surface area contributed by atoms with E-state index in [9.17, 15) is 23.1 Å². The molecule has 1 N–H and O–H groups in total. The first-order chi connectivity index (χ1) is 13.7. The van der Waals surface area contributed by atoms with E-state index in [1.54, 1.807) is 18.2 Å². The van der Waals surface area contributed by atoms with Gasteiger partial charge < -0.3 is 9.67 Å². The zero-order chi connectivity index (χ0) is 20.8. The van der Waals surface area contributed by atoms with E-state index < -0.39 is 17.7 Å². The molecule has 4 nitrogen and oxygen atoms in total. The molecule has 0 saturated heterocycles. The first-order valence-corrected chi connectivity index (χ1v) is 9.51. The fraction of sp³-hybridized carbons (Fsp3) is 0.143. The lowest BCUT2D eigenvalue weighted by Crippen LogP contribution is -2.03. The van der Waals surface area contributed by atoms with Gasteiger partial charge in [0.25, 0.3) is 0 Å². The highest BCUT2D eigenvalue weighted by Crippen LogP contribution is 2.33. The normalized spacial score (nSPS) is 11.9. The maximum Gasteiger partial charge on any atom is 0.416 e. The van der Waals surface area contributed by atoms with E-state index in [4.69, 9.17) is 0 Å². The highest BCUT2D eigenvalue weighted by Gasteiger charge is 2.30. The van der Waals surface area contributed by atoms with Crippen molar-refractivity contribution in [1.29, 1.82) is 0 Å². The van der Waals surface area contributed by atoms with Crippen LogP contribution < -0.4 is 0 Å². The monoisotopic (exact) mass is 416 g/mol. The maximum atomic E-state index is 12.8. The number of carboxylic acids is 1. The van der Waals surface area contributed by atoms with Crippen LogP contribution in [0, 0.1) is 6.92 Å². The molecular formula is C21H15F3N2O2S. The van der Waals surface area contributed by atoms with Crippen LogP contribution in [0.4, 0.5) is 13.2 Å². The molecule has 148 valence electrons. The Morgan fingerprint density at radius 3 is 2.52 bits per heavy atom. The molecule has 0 radical (unpaired) electrons. The van der Waals surface area contributed by atoms with E-state index in [1.807, 2.05) is 23.8 Å². The molecule has 0 spiro atoms. The highest BCUT2D eigenvalue weighted by molar-refractivity contribution is 7.15. The fourth-order valence-electron chi connectivity index (χ4n) is 3.20. The number of hydrogen-bond acceptors (Lipinski definition) is 3. The Morgan fingerprint density at radius 1 is 1.14 bits per heavy atom. The zero-order valence-electron chi connectivity index (χ0n) is 15.2. The molecule has 0 aliphatic rings. The third-order valence-corrected chi connectivity index (χ3v) is 5.90. The maximum absolute atomic E-state index is 12.8. The van der Waals surface area contributed by atoms with Crippen molar-refractivity contribution in [3.63, 3.8) is 0 Å². The summed E-state index contributed by atoms with van der Waals surface area (Å²) >= 11 is 1.41. The number of carboxylic acid groups (broad SMARTS) is 1. The van der Waals surface area contributed by atoms with E-state index in [1.165, 1.54) is 23.5 Å². The summed E-state index contributed by atoms with van der Waals surface area (Å²) in [6.45, 7) is 2.35. The Bertz CT molecular complexity index is 1210. The van der Waals surface area contributed by atoms with Gasteiger partial charge in [0.1, 0.15) is 5.01 Å². The van der Waals surface area contributed by atoms with Crippen LogP contribution in [0.5, 0.6) is 0 Å². The summed E-state index contributed by atoms with van der Waals surface area (Å²) in [5.74, 6) is -0.980. The molecule has 0 atom stereocenters. The van der Waals surface area contributed by atoms with Crippen molar-refractivity contribution in [2.45, 2.75) is 19.6 Å². The zero-order valence-corrected chi connectivity index (χ0v) is 16.0. The molecule has 2 aromatic carbocycles. The van der Waals surface area contributed by atoms with Crippen LogP contribution in [0.15, 0.2) is 54.7 Å². The molecule has 0 unspecified atom stereocenters. The Hall–Kier alpha value is -3.13. The average molecular weight is 416 g/mol. The Kier molecular flexibility index (Phi) is 4.66. The summed E-state index contributed by atoms with van der Waals surface area (Å²) in [5, 5.41) is 10.6. The van der Waals surface area contributed by atoms with E-state index >= 15 is 0 Å². The molecule has 29 heavy (non-hydrogen) atoms. The quantitative estimate of drug-likeness (QED) is 0.455. The molecule has 0 bridgehead atoms. The molecule has 8 heteroatoms. The topological polar surface area (TPSA) is 55.1 Å². The van der Waals surface area contributed by atoms with Crippen LogP contribution in [0.3, 0.4) is 0 Å². The summed E-state index contributed by atoms with van der Waals surface area (Å²) in [7, 11) is 0. The number of nitrogens with zero attached hydrogens (tertiary/aromatic N) is 2. The largest absolute Gasteiger partial charge is 0.478 e. The summed E-state index contributed by atoms with van der Waals surface area (Å²) in [6, 6.07) is 11.9. The van der Waals surface area contributed by atoms with Crippen molar-refractivity contribution in [3.05, 3.63) is 76.4 Å². The molecule has 0 amide bonds. The third-order valence-electron chi connectivity index (χ3n) is 4.71. The lowest BCUT2D eigenvalue weighted by atomic mass is 10.1. The smallest absolute Gasteiger partial charge is 0.416 e. The summed E-state index contributed by atoms with van der Waals surface area (Å²) in [4.78, 5) is 16.9. The minimum Gasteiger partial charge on any atom is -0.478 e. The van der Waals surface area contributed by atoms with Crippen molar-refractivity contribution >= 4 is 28.2 Å². The van der Waals surface area contributed by atoms with Crippen molar-refractivity contribution in [3.8, 4) is 10.6 Å². The lowest BCUT2D eigenvalue weighted by Gasteiger charge is -2.06. The van der Waals surface area contributed by atoms with Gasteiger partial charge in [-0.2, -0.15) is 13.2 Å². The number of rotatable bonds is 4. The van der Waals surface area contributed by atoms with Gasteiger partial charge in [-0.15, -0.1) is 11.3 Å². The molecule has 0 aliphatic heterocycles. The Labute approximate surface area is 167 Å². The van der Waals surface area contributed by atoms with Crippen molar-refractivity contribution in [2.24, 2.45) is 0 Å². The molecular weight excluding hydrogens is 401 g/mol. The first kappa shape index (κ1) is 19.2. The lowest BCUT2D eigenvalue weighted by molar-refractivity contribution is -0.137. The van der Waals surface area contributed by atoms with E-state index in [0.29, 0.717) is 22.5 Å². The second kappa shape index (κ2) is 7.04. The van der Waals surface area contributed by atoms with Crippen molar-refractivity contribution in [2.75, 3.05) is 0 Å². The van der Waals surface area contributed by atoms with Crippen LogP contribution in [-0.4, -0.2) is 20.6 Å². The summed E-state index contributed by atoms with van der Waals surface area (Å²) in [6.07, 6.45) is -2.54. The predicted molar refractivity (Wildman–Crippen MR) is 105 cm³/mol. The van der Waals surface area contributed by atoms with Gasteiger partial charge in [0, 0.05) is 27.5 Å². The summed E-state index contributed by atoms with van der Waals surface area (Å²) < 4.78 is 40.2. The van der Waals surface area contributed by atoms with Crippen molar-refractivity contribution in [1.82, 2.24) is 9.55 Å². The molecule has 0 aliphatic carbocycles. The SMILES string of the molecule is Cc1nc(-c2ccc(C(F)(F)F)cc2)sc1Cn1ccc2c(C(=O)O)cccc21. The van der Waals surface area contributed by atoms with Crippen LogP contribution in [-0.2, 0) is 12.7 Å². The minimum atomic E-state index is -4.37. The average Bonchev–Trinajstić information content (AvgIpc) is 3.25. The number of aromatic carboxylic acids is 1. The predicted octanol–water partition coefficient (Wildman–Crippen LogP) is 5.84. The van der Waals surface area contributed by atoms with Gasteiger partial charge in [-0.3, -0.25) is 0 Å². The van der Waals surface area contributed by atoms with Gasteiger partial charge in [-0.05, 0) is 37.3 Å².